The van der Waals surface area contributed by atoms with Crippen LogP contribution in [0.5, 0.6) is 17.2 Å². The lowest BCUT2D eigenvalue weighted by molar-refractivity contribution is -0.121. The molecule has 0 aromatic heterocycles. The quantitative estimate of drug-likeness (QED) is 0.349. The van der Waals surface area contributed by atoms with Gasteiger partial charge in [0.05, 0.1) is 36.7 Å². The molecule has 2 aromatic carbocycles. The Morgan fingerprint density at radius 1 is 1.18 bits per heavy atom. The van der Waals surface area contributed by atoms with E-state index in [0.717, 1.165) is 26.7 Å². The zero-order chi connectivity index (χ0) is 24.1. The van der Waals surface area contributed by atoms with Crippen LogP contribution in [0.15, 0.2) is 32.4 Å². The van der Waals surface area contributed by atoms with E-state index in [2.05, 4.69) is 21.2 Å². The van der Waals surface area contributed by atoms with Crippen LogP contribution >= 0.6 is 39.3 Å². The van der Waals surface area contributed by atoms with Crippen LogP contribution in [0, 0.1) is 0 Å². The lowest BCUT2D eigenvalue weighted by Gasteiger charge is -2.21. The number of hydrogen-bond acceptors (Lipinski definition) is 6. The Labute approximate surface area is 211 Å². The zero-order valence-electron chi connectivity index (χ0n) is 19.1. The van der Waals surface area contributed by atoms with Gasteiger partial charge in [-0.05, 0) is 70.3 Å². The maximum Gasteiger partial charge on any atom is 0.220 e. The van der Waals surface area contributed by atoms with Gasteiger partial charge in [0.15, 0.2) is 16.9 Å². The Morgan fingerprint density at radius 2 is 1.88 bits per heavy atom. The number of rotatable bonds is 8. The predicted molar refractivity (Wildman–Crippen MR) is 136 cm³/mol. The molecule has 0 saturated carbocycles. The van der Waals surface area contributed by atoms with Crippen molar-refractivity contribution < 1.29 is 19.0 Å². The molecule has 1 aliphatic carbocycles. The van der Waals surface area contributed by atoms with Gasteiger partial charge in [0, 0.05) is 17.9 Å². The summed E-state index contributed by atoms with van der Waals surface area (Å²) < 4.78 is 17.9. The summed E-state index contributed by atoms with van der Waals surface area (Å²) in [6.45, 7) is 0. The summed E-state index contributed by atoms with van der Waals surface area (Å²) in [5.41, 5.74) is 3.24. The summed E-state index contributed by atoms with van der Waals surface area (Å²) in [5.74, 6) is 1.84. The summed E-state index contributed by atoms with van der Waals surface area (Å²) in [7, 11) is 4.72. The van der Waals surface area contributed by atoms with Crippen LogP contribution in [0.4, 0.5) is 0 Å². The number of ether oxygens (including phenoxy) is 3. The highest BCUT2D eigenvalue weighted by Crippen LogP contribution is 2.54. The van der Waals surface area contributed by atoms with E-state index in [1.54, 1.807) is 27.4 Å². The molecule has 33 heavy (non-hydrogen) atoms. The molecule has 0 spiro atoms. The van der Waals surface area contributed by atoms with Gasteiger partial charge in [-0.3, -0.25) is 9.59 Å². The first-order valence-corrected chi connectivity index (χ1v) is 13.0. The highest BCUT2D eigenvalue weighted by molar-refractivity contribution is 9.10. The molecule has 0 saturated heterocycles. The van der Waals surface area contributed by atoms with E-state index in [1.807, 2.05) is 18.4 Å². The molecular weight excluding hydrogens is 530 g/mol. The van der Waals surface area contributed by atoms with Gasteiger partial charge in [-0.2, -0.15) is 0 Å². The highest BCUT2D eigenvalue weighted by Gasteiger charge is 2.32. The van der Waals surface area contributed by atoms with Gasteiger partial charge in [-0.1, -0.05) is 6.07 Å². The van der Waals surface area contributed by atoms with Crippen molar-refractivity contribution in [2.45, 2.75) is 36.6 Å². The van der Waals surface area contributed by atoms with Gasteiger partial charge >= 0.3 is 0 Å². The summed E-state index contributed by atoms with van der Waals surface area (Å²) in [5, 5.41) is 3.12. The first kappa shape index (κ1) is 25.7. The van der Waals surface area contributed by atoms with Crippen molar-refractivity contribution in [2.75, 3.05) is 33.5 Å². The Hall–Kier alpha value is -1.90. The molecule has 0 bridgehead atoms. The van der Waals surface area contributed by atoms with Gasteiger partial charge < -0.3 is 19.5 Å². The maximum atomic E-state index is 13.0. The molecule has 1 amide bonds. The number of methoxy groups -OCH3 is 3. The van der Waals surface area contributed by atoms with E-state index in [4.69, 9.17) is 25.8 Å². The number of benzene rings is 1. The van der Waals surface area contributed by atoms with Gasteiger partial charge in [0.2, 0.25) is 11.7 Å². The largest absolute Gasteiger partial charge is 0.492 e. The Bertz CT molecular complexity index is 1110. The number of hydrogen-bond donors (Lipinski definition) is 1. The standard InChI is InChI=1S/C24H27BrClNO5S/c1-30-22-20-13-8-10-18(33-4)17(28)12-15(13)16(27-19(29)6-5-11-26)9-7-14(20)21(25)23(31-2)24(22)32-3/h8,10,12,16H,5-7,9,11H2,1-4H3,(H,27,29)/t16-/m0/s1. The molecule has 0 radical (unpaired) electrons. The second-order valence-electron chi connectivity index (χ2n) is 7.50. The van der Waals surface area contributed by atoms with Gasteiger partial charge in [-0.25, -0.2) is 0 Å². The number of carbonyl (C=O) groups excluding carboxylic acids is 1. The van der Waals surface area contributed by atoms with Crippen LogP contribution < -0.4 is 25.0 Å². The minimum Gasteiger partial charge on any atom is -0.492 e. The number of fused-ring (bicyclic) bond motifs is 3. The van der Waals surface area contributed by atoms with Crippen LogP contribution in [0.1, 0.15) is 36.4 Å². The molecule has 1 atom stereocenters. The predicted octanol–water partition coefficient (Wildman–Crippen LogP) is 5.35. The summed E-state index contributed by atoms with van der Waals surface area (Å²) in [6.07, 6.45) is 4.01. The van der Waals surface area contributed by atoms with E-state index in [9.17, 15) is 9.59 Å². The first-order valence-electron chi connectivity index (χ1n) is 10.5. The third-order valence-electron chi connectivity index (χ3n) is 5.68. The Morgan fingerprint density at radius 3 is 2.48 bits per heavy atom. The number of carbonyl (C=O) groups is 1. The fraction of sp³-hybridized carbons (Fsp3) is 0.417. The van der Waals surface area contributed by atoms with Crippen molar-refractivity contribution in [3.8, 4) is 28.4 Å². The van der Waals surface area contributed by atoms with Crippen LogP contribution in [0.3, 0.4) is 0 Å². The lowest BCUT2D eigenvalue weighted by Crippen LogP contribution is -2.29. The Kier molecular flexibility index (Phi) is 8.95. The summed E-state index contributed by atoms with van der Waals surface area (Å²) >= 11 is 10.9. The highest BCUT2D eigenvalue weighted by atomic mass is 79.9. The number of nitrogens with one attached hydrogen (secondary N) is 1. The van der Waals surface area contributed by atoms with Crippen LogP contribution in [-0.2, 0) is 11.2 Å². The minimum absolute atomic E-state index is 0.0919. The first-order chi connectivity index (χ1) is 15.9. The van der Waals surface area contributed by atoms with Crippen LogP contribution in [-0.4, -0.2) is 39.4 Å². The van der Waals surface area contributed by atoms with Crippen molar-refractivity contribution in [1.82, 2.24) is 5.32 Å². The van der Waals surface area contributed by atoms with E-state index in [0.29, 0.717) is 53.7 Å². The van der Waals surface area contributed by atoms with Crippen LogP contribution in [0.25, 0.3) is 11.1 Å². The molecule has 0 unspecified atom stereocenters. The SMILES string of the molecule is COc1c(Br)c2c(c(OC)c1OC)-c1ccc(SC)c(=O)cc1[C@@H](NC(=O)CCCCl)CC2. The fourth-order valence-corrected chi connectivity index (χ4v) is 5.52. The lowest BCUT2D eigenvalue weighted by atomic mass is 9.95. The van der Waals surface area contributed by atoms with Crippen molar-refractivity contribution in [3.05, 3.63) is 44.0 Å². The van der Waals surface area contributed by atoms with E-state index < -0.39 is 0 Å². The third kappa shape index (κ3) is 5.12. The molecular formula is C24H27BrClNO5S. The average molecular weight is 557 g/mol. The zero-order valence-corrected chi connectivity index (χ0v) is 22.2. The van der Waals surface area contributed by atoms with Crippen LogP contribution in [0.2, 0.25) is 0 Å². The van der Waals surface area contributed by atoms with E-state index in [-0.39, 0.29) is 17.4 Å². The third-order valence-corrected chi connectivity index (χ3v) is 7.56. The maximum absolute atomic E-state index is 13.0. The Balaban J connectivity index is 2.34. The fourth-order valence-electron chi connectivity index (χ4n) is 4.18. The number of alkyl halides is 1. The van der Waals surface area contributed by atoms with Crippen molar-refractivity contribution in [2.24, 2.45) is 0 Å². The number of halogens is 2. The second-order valence-corrected chi connectivity index (χ2v) is 9.52. The minimum atomic E-state index is -0.348. The van der Waals surface area contributed by atoms with E-state index in [1.165, 1.54) is 11.8 Å². The molecule has 0 heterocycles. The van der Waals surface area contributed by atoms with Crippen molar-refractivity contribution in [1.29, 1.82) is 0 Å². The van der Waals surface area contributed by atoms with Gasteiger partial charge in [0.1, 0.15) is 0 Å². The van der Waals surface area contributed by atoms with E-state index >= 15 is 0 Å². The molecule has 9 heteroatoms. The summed E-state index contributed by atoms with van der Waals surface area (Å²) in [4.78, 5) is 26.2. The molecule has 1 aliphatic rings. The van der Waals surface area contributed by atoms with Crippen molar-refractivity contribution >= 4 is 45.2 Å². The topological polar surface area (TPSA) is 73.9 Å². The molecule has 0 aliphatic heterocycles. The van der Waals surface area contributed by atoms with Gasteiger partial charge in [-0.15, -0.1) is 23.4 Å². The number of thioether (sulfide) groups is 1. The molecule has 0 fully saturated rings. The summed E-state index contributed by atoms with van der Waals surface area (Å²) in [6, 6.07) is 5.02. The monoisotopic (exact) mass is 555 g/mol. The second kappa shape index (κ2) is 11.5. The molecule has 3 rings (SSSR count). The molecule has 178 valence electrons. The molecule has 6 nitrogen and oxygen atoms in total. The molecule has 1 N–H and O–H groups in total. The average Bonchev–Trinajstić information content (AvgIpc) is 3.06. The van der Waals surface area contributed by atoms with Crippen molar-refractivity contribution in [3.63, 3.8) is 0 Å². The smallest absolute Gasteiger partial charge is 0.220 e. The normalized spacial score (nSPS) is 14.5. The van der Waals surface area contributed by atoms with Gasteiger partial charge in [0.25, 0.3) is 0 Å². The molecule has 2 aromatic rings. The number of amides is 1.